The zero-order chi connectivity index (χ0) is 10.4. The highest BCUT2D eigenvalue weighted by Gasteiger charge is 2.36. The molecule has 1 N–H and O–H groups in total. The normalized spacial score (nSPS) is 11.9. The second kappa shape index (κ2) is 5.38. The Bertz CT molecular complexity index is 196. The molecule has 0 aromatic rings. The first kappa shape index (κ1) is 11.7. The van der Waals surface area contributed by atoms with Gasteiger partial charge in [-0.1, -0.05) is 9.05 Å². The van der Waals surface area contributed by atoms with Gasteiger partial charge in [0.15, 0.2) is 0 Å². The molecule has 0 radical (unpaired) electrons. The average Bonchev–Trinajstić information content (AvgIpc) is 2.12. The van der Waals surface area contributed by atoms with Crippen LogP contribution in [0.5, 0.6) is 0 Å². The van der Waals surface area contributed by atoms with Gasteiger partial charge in [-0.3, -0.25) is 0 Å². The van der Waals surface area contributed by atoms with Crippen LogP contribution in [0.4, 0.5) is 13.4 Å². The zero-order valence-electron chi connectivity index (χ0n) is 5.78. The molecule has 13 heavy (non-hydrogen) atoms. The quantitative estimate of drug-likeness (QED) is 0.488. The van der Waals surface area contributed by atoms with Crippen molar-refractivity contribution in [3.05, 3.63) is 0 Å². The van der Waals surface area contributed by atoms with Gasteiger partial charge in [-0.2, -0.15) is 9.72 Å². The Balaban J connectivity index is 4.05. The second-order valence-electron chi connectivity index (χ2n) is 1.60. The molecule has 0 aromatic heterocycles. The van der Waals surface area contributed by atoms with Crippen molar-refractivity contribution < 1.29 is 42.5 Å². The number of hydrogen-bond acceptors (Lipinski definition) is 5. The van der Waals surface area contributed by atoms with Crippen LogP contribution in [0.3, 0.4) is 0 Å². The van der Waals surface area contributed by atoms with Crippen LogP contribution in [0.15, 0.2) is 0 Å². The summed E-state index contributed by atoms with van der Waals surface area (Å²) in [5, 5.41) is 7.87. The third kappa shape index (κ3) is 3.76. The second-order valence-corrected chi connectivity index (χ2v) is 1.60. The number of halogens is 3. The molecule has 0 bridgehead atoms. The van der Waals surface area contributed by atoms with Crippen molar-refractivity contribution in [1.29, 1.82) is 0 Å². The van der Waals surface area contributed by atoms with Crippen molar-refractivity contribution in [2.75, 3.05) is 0 Å². The summed E-state index contributed by atoms with van der Waals surface area (Å²) in [6.07, 6.45) is -3.06. The smallest absolute Gasteiger partial charge is 0.479 e. The summed E-state index contributed by atoms with van der Waals surface area (Å²) in [7, 11) is -2.73. The van der Waals surface area contributed by atoms with Crippen LogP contribution in [0.25, 0.3) is 0 Å². The maximum absolute atomic E-state index is 12.1. The van der Waals surface area contributed by atoms with Gasteiger partial charge in [-0.25, -0.2) is 14.0 Å². The first-order valence-electron chi connectivity index (χ1n) is 2.65. The van der Waals surface area contributed by atoms with Gasteiger partial charge in [-0.15, -0.1) is 0 Å². The molecule has 0 saturated heterocycles. The Morgan fingerprint density at radius 3 is 2.08 bits per heavy atom. The molecule has 0 fully saturated rings. The monoisotopic (exact) mass is 202 g/mol. The van der Waals surface area contributed by atoms with E-state index < -0.39 is 25.4 Å². The van der Waals surface area contributed by atoms with E-state index in [9.17, 15) is 23.0 Å². The first-order chi connectivity index (χ1) is 6.02. The predicted octanol–water partition coefficient (Wildman–Crippen LogP) is -0.261. The maximum atomic E-state index is 12.1. The van der Waals surface area contributed by atoms with Crippen LogP contribution in [0, 0.1) is 0 Å². The average molecular weight is 202 g/mol. The number of carboxylic acids is 1. The van der Waals surface area contributed by atoms with E-state index in [0.717, 1.165) is 0 Å². The summed E-state index contributed by atoms with van der Waals surface area (Å²) in [6, 6.07) is 0. The van der Waals surface area contributed by atoms with E-state index in [1.165, 1.54) is 0 Å². The van der Waals surface area contributed by atoms with Crippen molar-refractivity contribution in [3.8, 4) is 0 Å². The third-order valence-corrected chi connectivity index (χ3v) is 0.782. The van der Waals surface area contributed by atoms with E-state index in [1.54, 1.807) is 0 Å². The molecule has 0 spiro atoms. The van der Waals surface area contributed by atoms with Gasteiger partial charge in [0.1, 0.15) is 0 Å². The fraction of sp³-hybridized carbons (Fsp3) is 0.333. The van der Waals surface area contributed by atoms with Crippen LogP contribution >= 0.6 is 0 Å². The van der Waals surface area contributed by atoms with Gasteiger partial charge in [0.05, 0.1) is 0 Å². The highest BCUT2D eigenvalue weighted by atomic mass is 19.3. The minimum atomic E-state index is -3.06. The van der Waals surface area contributed by atoms with Crippen LogP contribution in [0.1, 0.15) is 0 Å². The fourth-order valence-corrected chi connectivity index (χ4v) is 0.306. The highest BCUT2D eigenvalue weighted by Crippen LogP contribution is 2.00. The van der Waals surface area contributed by atoms with Gasteiger partial charge in [0, 0.05) is 0 Å². The van der Waals surface area contributed by atoms with E-state index in [2.05, 4.69) is 14.4 Å². The van der Waals surface area contributed by atoms with Crippen LogP contribution in [-0.2, 0) is 24.0 Å². The van der Waals surface area contributed by atoms with Gasteiger partial charge in [-0.05, 0) is 0 Å². The van der Waals surface area contributed by atoms with Crippen molar-refractivity contribution >= 4 is 19.3 Å². The van der Waals surface area contributed by atoms with Crippen molar-refractivity contribution in [3.63, 3.8) is 0 Å². The molecule has 0 aliphatic heterocycles. The van der Waals surface area contributed by atoms with E-state index in [4.69, 9.17) is 5.11 Å². The molecule has 0 aliphatic rings. The molecule has 10 heteroatoms. The Kier molecular flexibility index (Phi) is 4.84. The molecule has 0 rings (SSSR count). The summed E-state index contributed by atoms with van der Waals surface area (Å²) in [5.74, 6) is -4.21. The Morgan fingerprint density at radius 1 is 1.31 bits per heavy atom. The lowest BCUT2D eigenvalue weighted by molar-refractivity contribution is -0.170. The highest BCUT2D eigenvalue weighted by molar-refractivity contribution is 6.39. The standard InChI is InChI=1S/C3H2BF3O6/c5-1(2(8)9)3(10)11-4(12-6)13-7/h1H,(H,8,9). The molecule has 0 heterocycles. The number of hydrogen-bond donors (Lipinski definition) is 1. The molecule has 0 saturated carbocycles. The number of carbonyl (C=O) groups is 2. The van der Waals surface area contributed by atoms with E-state index in [0.29, 0.717) is 0 Å². The predicted molar refractivity (Wildman–Crippen MR) is 28.8 cm³/mol. The topological polar surface area (TPSA) is 82.1 Å². The summed E-state index contributed by atoms with van der Waals surface area (Å²) < 4.78 is 37.6. The van der Waals surface area contributed by atoms with Crippen molar-refractivity contribution in [1.82, 2.24) is 0 Å². The first-order valence-corrected chi connectivity index (χ1v) is 2.65. The molecule has 74 valence electrons. The molecule has 1 unspecified atom stereocenters. The minimum Gasteiger partial charge on any atom is -0.479 e. The van der Waals surface area contributed by atoms with Gasteiger partial charge < -0.3 is 9.76 Å². The zero-order valence-corrected chi connectivity index (χ0v) is 5.78. The van der Waals surface area contributed by atoms with Gasteiger partial charge in [0.2, 0.25) is 0 Å². The molecular weight excluding hydrogens is 200 g/mol. The Labute approximate surface area is 69.2 Å². The summed E-state index contributed by atoms with van der Waals surface area (Å²) >= 11 is 0. The number of carboxylic acid groups (broad SMARTS) is 1. The third-order valence-electron chi connectivity index (χ3n) is 0.782. The van der Waals surface area contributed by atoms with Crippen molar-refractivity contribution in [2.45, 2.75) is 6.17 Å². The molecular formula is C3H2BF3O6. The van der Waals surface area contributed by atoms with Crippen LogP contribution in [0.2, 0.25) is 0 Å². The number of alkyl halides is 1. The molecule has 0 aromatic carbocycles. The molecule has 0 aliphatic carbocycles. The molecule has 1 atom stereocenters. The lowest BCUT2D eigenvalue weighted by atomic mass is 10.2. The lowest BCUT2D eigenvalue weighted by Crippen LogP contribution is -2.34. The van der Waals surface area contributed by atoms with E-state index in [-0.39, 0.29) is 0 Å². The number of carbonyl (C=O) groups excluding carboxylic acids is 1. The number of rotatable bonds is 5. The number of aliphatic carboxylic acids is 1. The van der Waals surface area contributed by atoms with Crippen LogP contribution in [-0.4, -0.2) is 30.5 Å². The molecule has 0 amide bonds. The van der Waals surface area contributed by atoms with E-state index in [1.807, 2.05) is 0 Å². The Hall–Kier alpha value is -1.29. The molecule has 6 nitrogen and oxygen atoms in total. The lowest BCUT2D eigenvalue weighted by Gasteiger charge is -2.04. The minimum absolute atomic E-state index is 2.05. The van der Waals surface area contributed by atoms with Gasteiger partial charge >= 0.3 is 19.3 Å². The van der Waals surface area contributed by atoms with Crippen LogP contribution < -0.4 is 0 Å². The van der Waals surface area contributed by atoms with Gasteiger partial charge in [0.25, 0.3) is 6.17 Å². The fourth-order valence-electron chi connectivity index (χ4n) is 0.306. The van der Waals surface area contributed by atoms with Crippen molar-refractivity contribution in [2.24, 2.45) is 0 Å². The summed E-state index contributed by atoms with van der Waals surface area (Å²) in [6.45, 7) is 0. The summed E-state index contributed by atoms with van der Waals surface area (Å²) in [4.78, 5) is 25.0. The largest absolute Gasteiger partial charge is 0.780 e. The Morgan fingerprint density at radius 2 is 1.77 bits per heavy atom. The SMILES string of the molecule is O=C(O)C(F)C(=O)OB(OF)OF. The van der Waals surface area contributed by atoms with E-state index >= 15 is 0 Å². The maximum Gasteiger partial charge on any atom is 0.780 e. The summed E-state index contributed by atoms with van der Waals surface area (Å²) in [5.41, 5.74) is 0.